The van der Waals surface area contributed by atoms with Gasteiger partial charge in [-0.1, -0.05) is 13.0 Å². The van der Waals surface area contributed by atoms with Crippen LogP contribution in [0, 0.1) is 0 Å². The highest BCUT2D eigenvalue weighted by Crippen LogP contribution is 2.25. The van der Waals surface area contributed by atoms with E-state index in [1.807, 2.05) is 6.08 Å². The summed E-state index contributed by atoms with van der Waals surface area (Å²) >= 11 is 0. The minimum Gasteiger partial charge on any atom is -0.398 e. The molecule has 0 saturated heterocycles. The summed E-state index contributed by atoms with van der Waals surface area (Å²) in [5.41, 5.74) is 0.468. The van der Waals surface area contributed by atoms with Crippen LogP contribution in [0.2, 0.25) is 12.1 Å². The topological polar surface area (TPSA) is 18.5 Å². The maximum absolute atomic E-state index is 5.37. The van der Waals surface area contributed by atoms with Crippen LogP contribution in [-0.2, 0) is 8.85 Å². The predicted molar refractivity (Wildman–Crippen MR) is 49.9 cm³/mol. The Bertz CT molecular complexity index is 121. The van der Waals surface area contributed by atoms with Crippen LogP contribution in [0.4, 0.5) is 0 Å². The fourth-order valence-electron chi connectivity index (χ4n) is 0.950. The summed E-state index contributed by atoms with van der Waals surface area (Å²) in [7, 11) is 1.54. The van der Waals surface area contributed by atoms with E-state index < -0.39 is 8.56 Å². The lowest BCUT2D eigenvalue weighted by molar-refractivity contribution is 0.238. The van der Waals surface area contributed by atoms with Crippen molar-refractivity contribution in [1.82, 2.24) is 0 Å². The van der Waals surface area contributed by atoms with Gasteiger partial charge in [0.05, 0.1) is 0 Å². The average molecular weight is 174 g/mol. The molecule has 0 fully saturated rings. The summed E-state index contributed by atoms with van der Waals surface area (Å²) in [5.74, 6) is 0. The lowest BCUT2D eigenvalue weighted by Crippen LogP contribution is -2.40. The molecule has 0 N–H and O–H groups in total. The van der Waals surface area contributed by atoms with Crippen LogP contribution in [0.25, 0.3) is 0 Å². The normalized spacial score (nSPS) is 14.5. The SMILES string of the molecule is C=CCC(C)[Si](C)(OC)OC. The fourth-order valence-corrected chi connectivity index (χ4v) is 2.52. The van der Waals surface area contributed by atoms with E-state index in [1.165, 1.54) is 0 Å². The molecule has 0 heterocycles. The summed E-state index contributed by atoms with van der Waals surface area (Å²) in [6.07, 6.45) is 2.87. The van der Waals surface area contributed by atoms with Gasteiger partial charge in [-0.2, -0.15) is 0 Å². The summed E-state index contributed by atoms with van der Waals surface area (Å²) in [6, 6.07) is 0. The van der Waals surface area contributed by atoms with Gasteiger partial charge in [-0.3, -0.25) is 0 Å². The smallest absolute Gasteiger partial charge is 0.337 e. The average Bonchev–Trinajstić information content (AvgIpc) is 2.03. The Morgan fingerprint density at radius 1 is 1.45 bits per heavy atom. The molecule has 0 aromatic heterocycles. The van der Waals surface area contributed by atoms with Crippen LogP contribution in [0.5, 0.6) is 0 Å². The first-order valence-corrected chi connectivity index (χ1v) is 6.21. The molecule has 1 unspecified atom stereocenters. The summed E-state index contributed by atoms with van der Waals surface area (Å²) in [4.78, 5) is 0. The van der Waals surface area contributed by atoms with Crippen molar-refractivity contribution >= 4 is 8.56 Å². The van der Waals surface area contributed by atoms with Gasteiger partial charge >= 0.3 is 8.56 Å². The van der Waals surface area contributed by atoms with Gasteiger partial charge in [0.15, 0.2) is 0 Å². The van der Waals surface area contributed by atoms with Crippen molar-refractivity contribution in [2.24, 2.45) is 0 Å². The van der Waals surface area contributed by atoms with E-state index in [4.69, 9.17) is 8.85 Å². The zero-order chi connectivity index (χ0) is 8.91. The third-order valence-corrected chi connectivity index (χ3v) is 5.87. The Balaban J connectivity index is 4.10. The third-order valence-electron chi connectivity index (χ3n) is 2.23. The lowest BCUT2D eigenvalue weighted by Gasteiger charge is -2.28. The minimum absolute atomic E-state index is 0.468. The largest absolute Gasteiger partial charge is 0.398 e. The molecule has 0 aromatic carbocycles. The molecule has 11 heavy (non-hydrogen) atoms. The van der Waals surface area contributed by atoms with Crippen LogP contribution in [0.3, 0.4) is 0 Å². The molecule has 0 radical (unpaired) electrons. The van der Waals surface area contributed by atoms with Gasteiger partial charge in [0, 0.05) is 19.8 Å². The van der Waals surface area contributed by atoms with E-state index in [2.05, 4.69) is 20.0 Å². The maximum atomic E-state index is 5.37. The minimum atomic E-state index is -1.89. The van der Waals surface area contributed by atoms with Gasteiger partial charge in [0.25, 0.3) is 0 Å². The fraction of sp³-hybridized carbons (Fsp3) is 0.750. The number of hydrogen-bond acceptors (Lipinski definition) is 2. The van der Waals surface area contributed by atoms with Crippen LogP contribution >= 0.6 is 0 Å². The Hall–Kier alpha value is -0.123. The molecule has 0 aliphatic rings. The van der Waals surface area contributed by atoms with Crippen LogP contribution in [0.15, 0.2) is 12.7 Å². The monoisotopic (exact) mass is 174 g/mol. The van der Waals surface area contributed by atoms with E-state index in [0.29, 0.717) is 5.54 Å². The Morgan fingerprint density at radius 2 is 1.91 bits per heavy atom. The molecule has 0 saturated carbocycles. The molecule has 0 aliphatic heterocycles. The highest BCUT2D eigenvalue weighted by atomic mass is 28.4. The number of hydrogen-bond donors (Lipinski definition) is 0. The molecular formula is C8H18O2Si. The van der Waals surface area contributed by atoms with Crippen molar-refractivity contribution in [2.75, 3.05) is 14.2 Å². The maximum Gasteiger partial charge on any atom is 0.337 e. The van der Waals surface area contributed by atoms with Gasteiger partial charge in [0.2, 0.25) is 0 Å². The molecule has 66 valence electrons. The zero-order valence-electron chi connectivity index (χ0n) is 7.89. The standard InChI is InChI=1S/C8H18O2Si/c1-6-7-8(2)11(5,9-3)10-4/h6,8H,1,7H2,2-5H3. The lowest BCUT2D eigenvalue weighted by atomic mass is 10.3. The molecule has 0 amide bonds. The number of rotatable bonds is 5. The Kier molecular flexibility index (Phi) is 4.64. The third kappa shape index (κ3) is 2.77. The molecule has 2 nitrogen and oxygen atoms in total. The first kappa shape index (κ1) is 10.9. The zero-order valence-corrected chi connectivity index (χ0v) is 8.89. The van der Waals surface area contributed by atoms with Crippen molar-refractivity contribution in [3.05, 3.63) is 12.7 Å². The Morgan fingerprint density at radius 3 is 2.18 bits per heavy atom. The summed E-state index contributed by atoms with van der Waals surface area (Å²) in [5, 5.41) is 0. The first-order chi connectivity index (χ1) is 5.10. The van der Waals surface area contributed by atoms with Crippen LogP contribution < -0.4 is 0 Å². The van der Waals surface area contributed by atoms with Crippen molar-refractivity contribution in [3.63, 3.8) is 0 Å². The van der Waals surface area contributed by atoms with Crippen LogP contribution in [0.1, 0.15) is 13.3 Å². The van der Waals surface area contributed by atoms with E-state index in [-0.39, 0.29) is 0 Å². The van der Waals surface area contributed by atoms with Crippen molar-refractivity contribution in [1.29, 1.82) is 0 Å². The predicted octanol–water partition coefficient (Wildman–Crippen LogP) is 2.32. The molecule has 1 atom stereocenters. The van der Waals surface area contributed by atoms with Crippen molar-refractivity contribution < 1.29 is 8.85 Å². The summed E-state index contributed by atoms with van der Waals surface area (Å²) in [6.45, 7) is 7.90. The highest BCUT2D eigenvalue weighted by molar-refractivity contribution is 6.67. The van der Waals surface area contributed by atoms with Gasteiger partial charge in [-0.05, 0) is 13.0 Å². The second-order valence-electron chi connectivity index (χ2n) is 2.85. The van der Waals surface area contributed by atoms with E-state index >= 15 is 0 Å². The van der Waals surface area contributed by atoms with Crippen molar-refractivity contribution in [2.45, 2.75) is 25.4 Å². The van der Waals surface area contributed by atoms with Gasteiger partial charge in [-0.15, -0.1) is 6.58 Å². The Labute approximate surface area is 70.5 Å². The van der Waals surface area contributed by atoms with Crippen molar-refractivity contribution in [3.8, 4) is 0 Å². The second-order valence-corrected chi connectivity index (χ2v) is 6.68. The molecule has 3 heteroatoms. The molecule has 0 bridgehead atoms. The molecule has 0 spiro atoms. The quantitative estimate of drug-likeness (QED) is 0.470. The molecule has 0 aromatic rings. The molecule has 0 aliphatic carbocycles. The highest BCUT2D eigenvalue weighted by Gasteiger charge is 2.35. The second kappa shape index (κ2) is 4.69. The van der Waals surface area contributed by atoms with Gasteiger partial charge < -0.3 is 8.85 Å². The molecule has 0 rings (SSSR count). The van der Waals surface area contributed by atoms with Crippen LogP contribution in [-0.4, -0.2) is 22.8 Å². The van der Waals surface area contributed by atoms with E-state index in [0.717, 1.165) is 6.42 Å². The van der Waals surface area contributed by atoms with Gasteiger partial charge in [-0.25, -0.2) is 0 Å². The van der Waals surface area contributed by atoms with E-state index in [1.54, 1.807) is 14.2 Å². The summed E-state index contributed by atoms with van der Waals surface area (Å²) < 4.78 is 10.7. The first-order valence-electron chi connectivity index (χ1n) is 3.82. The molecular weight excluding hydrogens is 156 g/mol. The number of allylic oxidation sites excluding steroid dienone is 1. The van der Waals surface area contributed by atoms with Gasteiger partial charge in [0.1, 0.15) is 0 Å². The van der Waals surface area contributed by atoms with E-state index in [9.17, 15) is 0 Å².